The van der Waals surface area contributed by atoms with Gasteiger partial charge in [-0.15, -0.1) is 0 Å². The van der Waals surface area contributed by atoms with Crippen LogP contribution < -0.4 is 0 Å². The molecule has 1 aliphatic rings. The number of nitro benzene ring substituents is 1. The minimum absolute atomic E-state index is 0.0317. The smallest absolute Gasteiger partial charge is 0.270 e. The van der Waals surface area contributed by atoms with Gasteiger partial charge in [0.05, 0.1) is 4.92 Å². The molecule has 8 heteroatoms. The number of carbonyl (C=O) groups excluding carboxylic acids is 2. The Morgan fingerprint density at radius 1 is 1.22 bits per heavy atom. The van der Waals surface area contributed by atoms with Crippen LogP contribution in [0.25, 0.3) is 6.08 Å². The topological polar surface area (TPSA) is 104 Å². The van der Waals surface area contributed by atoms with Gasteiger partial charge in [-0.1, -0.05) is 12.1 Å². The van der Waals surface area contributed by atoms with Gasteiger partial charge in [-0.05, 0) is 11.6 Å². The third-order valence-electron chi connectivity index (χ3n) is 3.58. The van der Waals surface area contributed by atoms with Crippen molar-refractivity contribution in [2.24, 2.45) is 0 Å². The number of hydrogen-bond acceptors (Lipinski definition) is 5. The third-order valence-corrected chi connectivity index (χ3v) is 3.58. The zero-order valence-corrected chi connectivity index (χ0v) is 12.4. The lowest BCUT2D eigenvalue weighted by molar-refractivity contribution is -0.384. The fraction of sp³-hybridized carbons (Fsp3) is 0.333. The maximum absolute atomic E-state index is 12.1. The molecule has 0 saturated carbocycles. The van der Waals surface area contributed by atoms with E-state index in [4.69, 9.17) is 5.11 Å². The Morgan fingerprint density at radius 2 is 1.87 bits per heavy atom. The summed E-state index contributed by atoms with van der Waals surface area (Å²) in [7, 11) is 0. The standard InChI is InChI=1S/C15H17N3O5/c19-11-15(21)17-8-6-16(7-9-17)14(20)5-4-12-2-1-3-13(10-12)18(22)23/h1-5,10,19H,6-9,11H2/b5-4+. The summed E-state index contributed by atoms with van der Waals surface area (Å²) in [6.07, 6.45) is 2.89. The van der Waals surface area contributed by atoms with Crippen LogP contribution in [-0.4, -0.2) is 64.4 Å². The number of benzene rings is 1. The van der Waals surface area contributed by atoms with Crippen LogP contribution in [0.5, 0.6) is 0 Å². The fourth-order valence-corrected chi connectivity index (χ4v) is 2.29. The van der Waals surface area contributed by atoms with Gasteiger partial charge in [0.15, 0.2) is 0 Å². The number of hydrogen-bond donors (Lipinski definition) is 1. The molecule has 1 aromatic carbocycles. The molecule has 1 aliphatic heterocycles. The Hall–Kier alpha value is -2.74. The van der Waals surface area contributed by atoms with E-state index in [-0.39, 0.29) is 17.5 Å². The van der Waals surface area contributed by atoms with Gasteiger partial charge in [0.2, 0.25) is 11.8 Å². The molecule has 0 radical (unpaired) electrons. The normalized spacial score (nSPS) is 15.0. The van der Waals surface area contributed by atoms with Gasteiger partial charge in [-0.3, -0.25) is 19.7 Å². The molecule has 1 heterocycles. The molecular weight excluding hydrogens is 302 g/mol. The van der Waals surface area contributed by atoms with Crippen molar-refractivity contribution < 1.29 is 19.6 Å². The highest BCUT2D eigenvalue weighted by Gasteiger charge is 2.22. The molecule has 1 fully saturated rings. The van der Waals surface area contributed by atoms with Gasteiger partial charge in [0.1, 0.15) is 6.61 Å². The molecule has 0 spiro atoms. The third kappa shape index (κ3) is 4.36. The molecule has 8 nitrogen and oxygen atoms in total. The fourth-order valence-electron chi connectivity index (χ4n) is 2.29. The number of piperazine rings is 1. The van der Waals surface area contributed by atoms with E-state index in [2.05, 4.69) is 0 Å². The van der Waals surface area contributed by atoms with Crippen LogP contribution in [-0.2, 0) is 9.59 Å². The number of aliphatic hydroxyl groups excluding tert-OH is 1. The number of nitrogens with zero attached hydrogens (tertiary/aromatic N) is 3. The molecule has 1 aromatic rings. The molecule has 0 bridgehead atoms. The van der Waals surface area contributed by atoms with Gasteiger partial charge in [-0.2, -0.15) is 0 Å². The summed E-state index contributed by atoms with van der Waals surface area (Å²) in [5.41, 5.74) is 0.539. The highest BCUT2D eigenvalue weighted by molar-refractivity contribution is 5.92. The van der Waals surface area contributed by atoms with Crippen molar-refractivity contribution in [3.05, 3.63) is 46.0 Å². The molecular formula is C15H17N3O5. The average Bonchev–Trinajstić information content (AvgIpc) is 2.59. The van der Waals surface area contributed by atoms with Crippen molar-refractivity contribution in [1.29, 1.82) is 0 Å². The second-order valence-electron chi connectivity index (χ2n) is 5.05. The summed E-state index contributed by atoms with van der Waals surface area (Å²) in [4.78, 5) is 36.7. The van der Waals surface area contributed by atoms with Crippen LogP contribution in [0, 0.1) is 10.1 Å². The first-order chi connectivity index (χ1) is 11.0. The van der Waals surface area contributed by atoms with Crippen LogP contribution in [0.2, 0.25) is 0 Å². The maximum Gasteiger partial charge on any atom is 0.270 e. The first-order valence-electron chi connectivity index (χ1n) is 7.11. The van der Waals surface area contributed by atoms with E-state index in [1.54, 1.807) is 17.0 Å². The SMILES string of the molecule is O=C(/C=C/c1cccc([N+](=O)[O-])c1)N1CCN(C(=O)CO)CC1. The van der Waals surface area contributed by atoms with E-state index in [0.29, 0.717) is 31.7 Å². The molecule has 0 aliphatic carbocycles. The molecule has 0 aromatic heterocycles. The van der Waals surface area contributed by atoms with Crippen molar-refractivity contribution in [2.45, 2.75) is 0 Å². The van der Waals surface area contributed by atoms with Crippen LogP contribution in [0.15, 0.2) is 30.3 Å². The van der Waals surface area contributed by atoms with Crippen molar-refractivity contribution in [3.8, 4) is 0 Å². The lowest BCUT2D eigenvalue weighted by atomic mass is 10.2. The summed E-state index contributed by atoms with van der Waals surface area (Å²) in [5.74, 6) is -0.558. The van der Waals surface area contributed by atoms with E-state index in [1.165, 1.54) is 29.2 Å². The molecule has 122 valence electrons. The molecule has 23 heavy (non-hydrogen) atoms. The van der Waals surface area contributed by atoms with Crippen molar-refractivity contribution in [2.75, 3.05) is 32.8 Å². The molecule has 0 unspecified atom stereocenters. The number of nitro groups is 1. The number of non-ortho nitro benzene ring substituents is 1. The number of rotatable bonds is 4. The van der Waals surface area contributed by atoms with Crippen LogP contribution >= 0.6 is 0 Å². The molecule has 2 amide bonds. The summed E-state index contributed by atoms with van der Waals surface area (Å²) in [5, 5.41) is 19.5. The first-order valence-corrected chi connectivity index (χ1v) is 7.11. The monoisotopic (exact) mass is 319 g/mol. The van der Waals surface area contributed by atoms with E-state index in [0.717, 1.165) is 0 Å². The van der Waals surface area contributed by atoms with E-state index in [1.807, 2.05) is 0 Å². The number of aliphatic hydroxyl groups is 1. The Balaban J connectivity index is 1.93. The van der Waals surface area contributed by atoms with Gasteiger partial charge in [0.25, 0.3) is 5.69 Å². The Labute approximate surface area is 132 Å². The Bertz CT molecular complexity index is 636. The van der Waals surface area contributed by atoms with E-state index in [9.17, 15) is 19.7 Å². The van der Waals surface area contributed by atoms with Crippen molar-refractivity contribution in [1.82, 2.24) is 9.80 Å². The number of carbonyl (C=O) groups is 2. The van der Waals surface area contributed by atoms with Gasteiger partial charge < -0.3 is 14.9 Å². The second kappa shape index (κ2) is 7.50. The molecule has 1 N–H and O–H groups in total. The zero-order valence-electron chi connectivity index (χ0n) is 12.4. The van der Waals surface area contributed by atoms with E-state index >= 15 is 0 Å². The minimum atomic E-state index is -0.527. The molecule has 2 rings (SSSR count). The largest absolute Gasteiger partial charge is 0.387 e. The van der Waals surface area contributed by atoms with Crippen LogP contribution in [0.1, 0.15) is 5.56 Å². The quantitative estimate of drug-likeness (QED) is 0.487. The van der Waals surface area contributed by atoms with Crippen LogP contribution in [0.4, 0.5) is 5.69 Å². The maximum atomic E-state index is 12.1. The summed E-state index contributed by atoms with van der Waals surface area (Å²) in [6.45, 7) is 1.03. The first kappa shape index (κ1) is 16.6. The predicted octanol–water partition coefficient (Wildman–Crippen LogP) is 0.271. The summed E-state index contributed by atoms with van der Waals surface area (Å²) in [6, 6.07) is 6.01. The molecule has 0 atom stereocenters. The minimum Gasteiger partial charge on any atom is -0.387 e. The Kier molecular flexibility index (Phi) is 5.42. The van der Waals surface area contributed by atoms with Crippen molar-refractivity contribution in [3.63, 3.8) is 0 Å². The predicted molar refractivity (Wildman–Crippen MR) is 82.4 cm³/mol. The van der Waals surface area contributed by atoms with Crippen LogP contribution in [0.3, 0.4) is 0 Å². The second-order valence-corrected chi connectivity index (χ2v) is 5.05. The van der Waals surface area contributed by atoms with Crippen molar-refractivity contribution >= 4 is 23.6 Å². The van der Waals surface area contributed by atoms with E-state index < -0.39 is 11.5 Å². The lowest BCUT2D eigenvalue weighted by Gasteiger charge is -2.33. The lowest BCUT2D eigenvalue weighted by Crippen LogP contribution is -2.50. The molecule has 1 saturated heterocycles. The van der Waals surface area contributed by atoms with Gasteiger partial charge >= 0.3 is 0 Å². The van der Waals surface area contributed by atoms with Gasteiger partial charge in [-0.25, -0.2) is 0 Å². The highest BCUT2D eigenvalue weighted by atomic mass is 16.6. The number of amides is 2. The Morgan fingerprint density at radius 3 is 2.48 bits per heavy atom. The summed E-state index contributed by atoms with van der Waals surface area (Å²) >= 11 is 0. The highest BCUT2D eigenvalue weighted by Crippen LogP contribution is 2.14. The van der Waals surface area contributed by atoms with Gasteiger partial charge in [0, 0.05) is 44.4 Å². The summed E-state index contributed by atoms with van der Waals surface area (Å²) < 4.78 is 0. The zero-order chi connectivity index (χ0) is 16.8. The average molecular weight is 319 g/mol.